The zero-order chi connectivity index (χ0) is 27.6. The van der Waals surface area contributed by atoms with Crippen LogP contribution in [0.15, 0.2) is 30.3 Å². The molecule has 3 N–H and O–H groups in total. The van der Waals surface area contributed by atoms with Crippen LogP contribution in [-0.4, -0.2) is 75.7 Å². The van der Waals surface area contributed by atoms with Crippen molar-refractivity contribution in [1.29, 1.82) is 5.26 Å². The number of aromatic nitrogens is 1. The second-order valence-corrected chi connectivity index (χ2v) is 12.5. The van der Waals surface area contributed by atoms with Gasteiger partial charge in [0.15, 0.2) is 0 Å². The van der Waals surface area contributed by atoms with Gasteiger partial charge in [-0.05, 0) is 68.4 Å². The SMILES string of the molecule is CC1CN(c2cc(C#N)cc(NC(=O)c3ccc(NS(=O)(=O)CCO)cc3N3CCC4(CC3)CC4)n2)CCO1. The third-order valence-corrected chi connectivity index (χ3v) is 9.01. The summed E-state index contributed by atoms with van der Waals surface area (Å²) in [7, 11) is -3.72. The number of hydrogen-bond acceptors (Lipinski definition) is 9. The van der Waals surface area contributed by atoms with Crippen molar-refractivity contribution in [2.24, 2.45) is 5.41 Å². The van der Waals surface area contributed by atoms with Crippen molar-refractivity contribution < 1.29 is 23.1 Å². The highest BCUT2D eigenvalue weighted by Crippen LogP contribution is 2.54. The number of carbonyl (C=O) groups excluding carboxylic acids is 1. The molecule has 3 fully saturated rings. The number of carbonyl (C=O) groups is 1. The van der Waals surface area contributed by atoms with Crippen molar-refractivity contribution in [2.45, 2.75) is 38.7 Å². The summed E-state index contributed by atoms with van der Waals surface area (Å²) in [6.45, 7) is 4.84. The van der Waals surface area contributed by atoms with Crippen LogP contribution < -0.4 is 19.8 Å². The number of morpholine rings is 1. The Balaban J connectivity index is 1.42. The summed E-state index contributed by atoms with van der Waals surface area (Å²) in [5.74, 6) is 0.0500. The Morgan fingerprint density at radius 3 is 2.62 bits per heavy atom. The van der Waals surface area contributed by atoms with Gasteiger partial charge in [-0.2, -0.15) is 5.26 Å². The number of hydrogen-bond donors (Lipinski definition) is 3. The molecular weight excluding hydrogens is 520 g/mol. The number of rotatable bonds is 8. The number of nitriles is 1. The van der Waals surface area contributed by atoms with Gasteiger partial charge in [0.2, 0.25) is 10.0 Å². The molecule has 5 rings (SSSR count). The molecule has 0 radical (unpaired) electrons. The Hall–Kier alpha value is -3.40. The van der Waals surface area contributed by atoms with E-state index in [2.05, 4.69) is 26.0 Å². The van der Waals surface area contributed by atoms with Crippen LogP contribution >= 0.6 is 0 Å². The maximum absolute atomic E-state index is 13.6. The van der Waals surface area contributed by atoms with Gasteiger partial charge in [0.25, 0.3) is 5.91 Å². The van der Waals surface area contributed by atoms with Crippen LogP contribution in [0.3, 0.4) is 0 Å². The first kappa shape index (κ1) is 27.2. The van der Waals surface area contributed by atoms with Crippen LogP contribution in [-0.2, 0) is 14.8 Å². The summed E-state index contributed by atoms with van der Waals surface area (Å²) in [6.07, 6.45) is 4.56. The Morgan fingerprint density at radius 2 is 1.95 bits per heavy atom. The first-order valence-electron chi connectivity index (χ1n) is 13.3. The molecule has 11 nitrogen and oxygen atoms in total. The molecule has 2 aliphatic heterocycles. The molecule has 1 unspecified atom stereocenters. The fraction of sp³-hybridized carbons (Fsp3) is 0.519. The van der Waals surface area contributed by atoms with Crippen molar-refractivity contribution in [3.63, 3.8) is 0 Å². The molecule has 39 heavy (non-hydrogen) atoms. The lowest BCUT2D eigenvalue weighted by Gasteiger charge is -2.35. The lowest BCUT2D eigenvalue weighted by Crippen LogP contribution is -2.41. The van der Waals surface area contributed by atoms with Gasteiger partial charge in [0, 0.05) is 26.2 Å². The number of aliphatic hydroxyl groups is 1. The molecule has 1 aliphatic carbocycles. The number of pyridine rings is 1. The third kappa shape index (κ3) is 6.43. The van der Waals surface area contributed by atoms with Crippen molar-refractivity contribution in [3.8, 4) is 6.07 Å². The monoisotopic (exact) mass is 554 g/mol. The maximum Gasteiger partial charge on any atom is 0.258 e. The van der Waals surface area contributed by atoms with E-state index >= 15 is 0 Å². The number of anilines is 4. The van der Waals surface area contributed by atoms with E-state index in [4.69, 9.17) is 9.84 Å². The normalized spacial score (nSPS) is 20.4. The average Bonchev–Trinajstić information content (AvgIpc) is 3.67. The fourth-order valence-corrected chi connectivity index (χ4v) is 6.14. The Labute approximate surface area is 228 Å². The van der Waals surface area contributed by atoms with E-state index in [1.807, 2.05) is 11.8 Å². The van der Waals surface area contributed by atoms with Gasteiger partial charge in [-0.3, -0.25) is 9.52 Å². The smallest absolute Gasteiger partial charge is 0.258 e. The number of ether oxygens (including phenoxy) is 1. The largest absolute Gasteiger partial charge is 0.395 e. The van der Waals surface area contributed by atoms with E-state index < -0.39 is 28.3 Å². The first-order valence-corrected chi connectivity index (χ1v) is 14.9. The van der Waals surface area contributed by atoms with E-state index in [1.165, 1.54) is 12.8 Å². The van der Waals surface area contributed by atoms with Crippen molar-refractivity contribution in [2.75, 3.05) is 65.0 Å². The number of nitrogens with one attached hydrogen (secondary N) is 2. The van der Waals surface area contributed by atoms with Gasteiger partial charge < -0.3 is 25.0 Å². The highest BCUT2D eigenvalue weighted by Gasteiger charge is 2.44. The number of amides is 1. The van der Waals surface area contributed by atoms with E-state index in [9.17, 15) is 18.5 Å². The zero-order valence-electron chi connectivity index (χ0n) is 22.0. The molecule has 2 aromatic rings. The zero-order valence-corrected chi connectivity index (χ0v) is 22.8. The summed E-state index contributed by atoms with van der Waals surface area (Å²) in [6, 6.07) is 10.2. The minimum Gasteiger partial charge on any atom is -0.395 e. The topological polar surface area (TPSA) is 148 Å². The van der Waals surface area contributed by atoms with Crippen molar-refractivity contribution in [3.05, 3.63) is 41.5 Å². The van der Waals surface area contributed by atoms with E-state index in [0.717, 1.165) is 25.9 Å². The third-order valence-electron chi connectivity index (χ3n) is 7.75. The van der Waals surface area contributed by atoms with Gasteiger partial charge >= 0.3 is 0 Å². The summed E-state index contributed by atoms with van der Waals surface area (Å²) < 4.78 is 32.7. The molecule has 1 atom stereocenters. The summed E-state index contributed by atoms with van der Waals surface area (Å²) in [5, 5.41) is 21.5. The number of benzene rings is 1. The van der Waals surface area contributed by atoms with Gasteiger partial charge in [0.1, 0.15) is 11.6 Å². The van der Waals surface area contributed by atoms with E-state index in [-0.39, 0.29) is 11.9 Å². The highest BCUT2D eigenvalue weighted by molar-refractivity contribution is 7.92. The minimum absolute atomic E-state index is 0.0273. The van der Waals surface area contributed by atoms with E-state index in [1.54, 1.807) is 30.3 Å². The number of sulfonamides is 1. The molecule has 1 aromatic carbocycles. The number of nitrogens with zero attached hydrogens (tertiary/aromatic N) is 4. The van der Waals surface area contributed by atoms with E-state index in [0.29, 0.717) is 53.4 Å². The van der Waals surface area contributed by atoms with Crippen molar-refractivity contribution >= 4 is 38.9 Å². The molecule has 3 heterocycles. The summed E-state index contributed by atoms with van der Waals surface area (Å²) >= 11 is 0. The quantitative estimate of drug-likeness (QED) is 0.448. The molecular formula is C27H34N6O5S. The van der Waals surface area contributed by atoms with Gasteiger partial charge in [-0.1, -0.05) is 0 Å². The molecule has 12 heteroatoms. The lowest BCUT2D eigenvalue weighted by molar-refractivity contribution is 0.0529. The van der Waals surface area contributed by atoms with Crippen molar-refractivity contribution in [1.82, 2.24) is 4.98 Å². The van der Waals surface area contributed by atoms with Gasteiger partial charge in [-0.15, -0.1) is 0 Å². The fourth-order valence-electron chi connectivity index (χ4n) is 5.32. The molecule has 1 aromatic heterocycles. The van der Waals surface area contributed by atoms with Crippen LogP contribution in [0.2, 0.25) is 0 Å². The Morgan fingerprint density at radius 1 is 1.18 bits per heavy atom. The van der Waals surface area contributed by atoms with Crippen LogP contribution in [0.1, 0.15) is 48.5 Å². The maximum atomic E-state index is 13.6. The number of aliphatic hydroxyl groups excluding tert-OH is 1. The van der Waals surface area contributed by atoms with Crippen LogP contribution in [0.4, 0.5) is 23.0 Å². The minimum atomic E-state index is -3.72. The second-order valence-electron chi connectivity index (χ2n) is 10.7. The predicted octanol–water partition coefficient (Wildman–Crippen LogP) is 2.55. The van der Waals surface area contributed by atoms with Crippen LogP contribution in [0.5, 0.6) is 0 Å². The summed E-state index contributed by atoms with van der Waals surface area (Å²) in [5.41, 5.74) is 2.15. The molecule has 3 aliphatic rings. The average molecular weight is 555 g/mol. The highest BCUT2D eigenvalue weighted by atomic mass is 32.2. The standard InChI is InChI=1S/C27H34N6O5S/c1-19-18-33(10-12-38-19)25-15-20(17-28)14-24(29-25)30-26(35)22-3-2-21(31-39(36,37)13-11-34)16-23(22)32-8-6-27(4-5-27)7-9-32/h2-3,14-16,19,31,34H,4-13,18H2,1H3,(H,29,30,35). The second kappa shape index (κ2) is 11.0. The van der Waals surface area contributed by atoms with Gasteiger partial charge in [-0.25, -0.2) is 13.4 Å². The Kier molecular flexibility index (Phi) is 7.66. The molecule has 208 valence electrons. The summed E-state index contributed by atoms with van der Waals surface area (Å²) in [4.78, 5) is 22.4. The van der Waals surface area contributed by atoms with Crippen LogP contribution in [0.25, 0.3) is 0 Å². The van der Waals surface area contributed by atoms with Gasteiger partial charge in [0.05, 0.1) is 53.6 Å². The molecule has 2 saturated heterocycles. The van der Waals surface area contributed by atoms with Crippen LogP contribution in [0, 0.1) is 16.7 Å². The molecule has 1 saturated carbocycles. The first-order chi connectivity index (χ1) is 18.7. The Bertz CT molecular complexity index is 1380. The lowest BCUT2D eigenvalue weighted by atomic mass is 9.93. The molecule has 0 bridgehead atoms. The molecule has 1 spiro atoms. The molecule has 1 amide bonds. The number of piperidine rings is 1. The predicted molar refractivity (Wildman–Crippen MR) is 149 cm³/mol.